The summed E-state index contributed by atoms with van der Waals surface area (Å²) in [6.45, 7) is 3.53. The van der Waals surface area contributed by atoms with Gasteiger partial charge in [0.15, 0.2) is 0 Å². The maximum Gasteiger partial charge on any atom is 0.0456 e. The fourth-order valence-corrected chi connectivity index (χ4v) is 3.96. The maximum absolute atomic E-state index is 5.95. The number of hydrogen-bond acceptors (Lipinski definition) is 1. The number of aromatic nitrogens is 1. The molecule has 1 aliphatic heterocycles. The van der Waals surface area contributed by atoms with E-state index in [1.54, 1.807) is 0 Å². The van der Waals surface area contributed by atoms with Crippen LogP contribution in [0.2, 0.25) is 5.02 Å². The third-order valence-corrected chi connectivity index (χ3v) is 5.53. The number of piperidine rings is 1. The number of H-pyrrole nitrogens is 1. The minimum absolute atomic E-state index is 0.688. The Morgan fingerprint density at radius 3 is 2.54 bits per heavy atom. The van der Waals surface area contributed by atoms with Crippen LogP contribution in [0.4, 0.5) is 0 Å². The van der Waals surface area contributed by atoms with Crippen LogP contribution in [-0.2, 0) is 6.42 Å². The SMILES string of the molecule is Clc1ccc(CCN2CCC(c3c[nH]c4ccccc34)CC2)cc1. The van der Waals surface area contributed by atoms with Gasteiger partial charge in [0.05, 0.1) is 0 Å². The van der Waals surface area contributed by atoms with Crippen molar-refractivity contribution in [2.24, 2.45) is 0 Å². The summed E-state index contributed by atoms with van der Waals surface area (Å²) in [4.78, 5) is 6.02. The van der Waals surface area contributed by atoms with Crippen molar-refractivity contribution in [3.8, 4) is 0 Å². The van der Waals surface area contributed by atoms with Crippen molar-refractivity contribution < 1.29 is 0 Å². The Morgan fingerprint density at radius 2 is 1.75 bits per heavy atom. The number of para-hydroxylation sites is 1. The Morgan fingerprint density at radius 1 is 1.00 bits per heavy atom. The molecule has 0 bridgehead atoms. The quantitative estimate of drug-likeness (QED) is 0.689. The van der Waals surface area contributed by atoms with Gasteiger partial charge in [-0.1, -0.05) is 41.9 Å². The highest BCUT2D eigenvalue weighted by Crippen LogP contribution is 2.33. The minimum atomic E-state index is 0.688. The zero-order valence-corrected chi connectivity index (χ0v) is 14.6. The van der Waals surface area contributed by atoms with Crippen LogP contribution in [0.25, 0.3) is 10.9 Å². The van der Waals surface area contributed by atoms with Gasteiger partial charge in [0.1, 0.15) is 0 Å². The van der Waals surface area contributed by atoms with E-state index in [0.717, 1.165) is 18.0 Å². The fraction of sp³-hybridized carbons (Fsp3) is 0.333. The molecule has 2 heterocycles. The normalized spacial score (nSPS) is 16.7. The molecule has 3 aromatic rings. The van der Waals surface area contributed by atoms with Crippen LogP contribution in [0.5, 0.6) is 0 Å². The number of hydrogen-bond donors (Lipinski definition) is 1. The van der Waals surface area contributed by atoms with E-state index in [-0.39, 0.29) is 0 Å². The standard InChI is InChI=1S/C21H23ClN2/c22-18-7-5-16(6-8-18)9-12-24-13-10-17(11-14-24)20-15-23-21-4-2-1-3-19(20)21/h1-8,15,17,23H,9-14H2. The van der Waals surface area contributed by atoms with Gasteiger partial charge in [-0.2, -0.15) is 0 Å². The molecule has 0 atom stereocenters. The van der Waals surface area contributed by atoms with Gasteiger partial charge in [-0.05, 0) is 67.6 Å². The van der Waals surface area contributed by atoms with Gasteiger partial charge in [-0.25, -0.2) is 0 Å². The second-order valence-corrected chi connectivity index (χ2v) is 7.22. The first-order valence-electron chi connectivity index (χ1n) is 8.82. The highest BCUT2D eigenvalue weighted by molar-refractivity contribution is 6.30. The molecule has 1 aliphatic rings. The summed E-state index contributed by atoms with van der Waals surface area (Å²) in [7, 11) is 0. The molecule has 2 aromatic carbocycles. The van der Waals surface area contributed by atoms with Crippen molar-refractivity contribution in [3.05, 3.63) is 70.9 Å². The van der Waals surface area contributed by atoms with Crippen molar-refractivity contribution in [1.29, 1.82) is 0 Å². The molecular formula is C21H23ClN2. The van der Waals surface area contributed by atoms with Crippen LogP contribution in [0.1, 0.15) is 29.9 Å². The molecule has 1 aromatic heterocycles. The monoisotopic (exact) mass is 338 g/mol. The maximum atomic E-state index is 5.95. The number of aromatic amines is 1. The van der Waals surface area contributed by atoms with Crippen LogP contribution in [-0.4, -0.2) is 29.5 Å². The predicted molar refractivity (Wildman–Crippen MR) is 102 cm³/mol. The molecule has 0 unspecified atom stereocenters. The summed E-state index contributed by atoms with van der Waals surface area (Å²) in [6, 6.07) is 16.9. The lowest BCUT2D eigenvalue weighted by atomic mass is 9.89. The van der Waals surface area contributed by atoms with E-state index in [2.05, 4.69) is 52.5 Å². The van der Waals surface area contributed by atoms with Crippen LogP contribution in [0, 0.1) is 0 Å². The molecule has 0 saturated carbocycles. The van der Waals surface area contributed by atoms with Crippen LogP contribution >= 0.6 is 11.6 Å². The zero-order valence-electron chi connectivity index (χ0n) is 13.8. The van der Waals surface area contributed by atoms with Gasteiger partial charge >= 0.3 is 0 Å². The molecule has 2 nitrogen and oxygen atoms in total. The molecule has 124 valence electrons. The molecule has 1 fully saturated rings. The molecule has 4 rings (SSSR count). The smallest absolute Gasteiger partial charge is 0.0456 e. The van der Waals surface area contributed by atoms with Gasteiger partial charge in [0.2, 0.25) is 0 Å². The number of likely N-dealkylation sites (tertiary alicyclic amines) is 1. The molecule has 0 spiro atoms. The van der Waals surface area contributed by atoms with Crippen molar-refractivity contribution >= 4 is 22.5 Å². The highest BCUT2D eigenvalue weighted by Gasteiger charge is 2.22. The van der Waals surface area contributed by atoms with Gasteiger partial charge in [-0.3, -0.25) is 0 Å². The lowest BCUT2D eigenvalue weighted by molar-refractivity contribution is 0.215. The number of rotatable bonds is 4. The van der Waals surface area contributed by atoms with Crippen molar-refractivity contribution in [3.63, 3.8) is 0 Å². The molecule has 1 N–H and O–H groups in total. The second kappa shape index (κ2) is 7.00. The molecule has 3 heteroatoms. The van der Waals surface area contributed by atoms with E-state index < -0.39 is 0 Å². The first-order chi connectivity index (χ1) is 11.8. The Balaban J connectivity index is 1.34. The number of benzene rings is 2. The summed E-state index contributed by atoms with van der Waals surface area (Å²) >= 11 is 5.95. The Bertz CT molecular complexity index is 798. The number of halogens is 1. The van der Waals surface area contributed by atoms with E-state index in [4.69, 9.17) is 11.6 Å². The first kappa shape index (κ1) is 15.7. The van der Waals surface area contributed by atoms with Crippen molar-refractivity contribution in [2.75, 3.05) is 19.6 Å². The zero-order chi connectivity index (χ0) is 16.4. The summed E-state index contributed by atoms with van der Waals surface area (Å²) in [5.74, 6) is 0.688. The topological polar surface area (TPSA) is 19.0 Å². The molecule has 0 aliphatic carbocycles. The number of nitrogens with zero attached hydrogens (tertiary/aromatic N) is 1. The molecule has 1 saturated heterocycles. The predicted octanol–water partition coefficient (Wildman–Crippen LogP) is 5.24. The Hall–Kier alpha value is -1.77. The van der Waals surface area contributed by atoms with Crippen LogP contribution in [0.3, 0.4) is 0 Å². The Labute approximate surface area is 148 Å². The van der Waals surface area contributed by atoms with Gasteiger partial charge < -0.3 is 9.88 Å². The minimum Gasteiger partial charge on any atom is -0.361 e. The first-order valence-corrected chi connectivity index (χ1v) is 9.20. The molecule has 0 radical (unpaired) electrons. The van der Waals surface area contributed by atoms with E-state index in [9.17, 15) is 0 Å². The Kier molecular flexibility index (Phi) is 4.59. The van der Waals surface area contributed by atoms with Gasteiger partial charge in [0, 0.05) is 28.7 Å². The third kappa shape index (κ3) is 3.35. The fourth-order valence-electron chi connectivity index (χ4n) is 3.84. The summed E-state index contributed by atoms with van der Waals surface area (Å²) in [5, 5.41) is 2.22. The van der Waals surface area contributed by atoms with E-state index >= 15 is 0 Å². The highest BCUT2D eigenvalue weighted by atomic mass is 35.5. The molecule has 24 heavy (non-hydrogen) atoms. The average Bonchev–Trinajstić information content (AvgIpc) is 3.06. The summed E-state index contributed by atoms with van der Waals surface area (Å²) in [5.41, 5.74) is 4.14. The van der Waals surface area contributed by atoms with Crippen molar-refractivity contribution in [1.82, 2.24) is 9.88 Å². The lowest BCUT2D eigenvalue weighted by Crippen LogP contribution is -2.34. The average molecular weight is 339 g/mol. The number of nitrogens with one attached hydrogen (secondary N) is 1. The van der Waals surface area contributed by atoms with E-state index in [0.29, 0.717) is 5.92 Å². The van der Waals surface area contributed by atoms with Crippen molar-refractivity contribution in [2.45, 2.75) is 25.2 Å². The van der Waals surface area contributed by atoms with Crippen LogP contribution < -0.4 is 0 Å². The third-order valence-electron chi connectivity index (χ3n) is 5.28. The molecular weight excluding hydrogens is 316 g/mol. The summed E-state index contributed by atoms with van der Waals surface area (Å²) < 4.78 is 0. The van der Waals surface area contributed by atoms with E-state index in [1.807, 2.05) is 12.1 Å². The molecule has 0 amide bonds. The van der Waals surface area contributed by atoms with Crippen LogP contribution in [0.15, 0.2) is 54.7 Å². The largest absolute Gasteiger partial charge is 0.361 e. The van der Waals surface area contributed by atoms with Gasteiger partial charge in [-0.15, -0.1) is 0 Å². The number of fused-ring (bicyclic) bond motifs is 1. The summed E-state index contributed by atoms with van der Waals surface area (Å²) in [6.07, 6.45) is 5.83. The lowest BCUT2D eigenvalue weighted by Gasteiger charge is -2.32. The second-order valence-electron chi connectivity index (χ2n) is 6.78. The van der Waals surface area contributed by atoms with E-state index in [1.165, 1.54) is 48.0 Å². The van der Waals surface area contributed by atoms with Gasteiger partial charge in [0.25, 0.3) is 0 Å².